The average molecular weight is 217 g/mol. The molecule has 0 saturated heterocycles. The Bertz CT molecular complexity index is 555. The highest BCUT2D eigenvalue weighted by Crippen LogP contribution is 2.22. The number of hydrogen-bond donors (Lipinski definition) is 0. The molecule has 5 heteroatoms. The molecule has 0 radical (unpaired) electrons. The molecule has 3 nitrogen and oxygen atoms in total. The third-order valence-corrected chi connectivity index (χ3v) is 1.96. The second-order valence-electron chi connectivity index (χ2n) is 2.97. The summed E-state index contributed by atoms with van der Waals surface area (Å²) in [7, 11) is 0. The Hall–Kier alpha value is -2.35. The Labute approximate surface area is 90.0 Å². The molecule has 0 amide bonds. The maximum Gasteiger partial charge on any atom is 0.166 e. The Kier molecular flexibility index (Phi) is 2.56. The largest absolute Gasteiger partial charge is 0.236 e. The van der Waals surface area contributed by atoms with Gasteiger partial charge in [-0.3, -0.25) is 0 Å². The van der Waals surface area contributed by atoms with E-state index in [2.05, 4.69) is 9.97 Å². The van der Waals surface area contributed by atoms with Crippen molar-refractivity contribution in [3.63, 3.8) is 0 Å². The Balaban J connectivity index is 2.64. The minimum Gasteiger partial charge on any atom is -0.236 e. The summed E-state index contributed by atoms with van der Waals surface area (Å²) in [5.74, 6) is -1.64. The summed E-state index contributed by atoms with van der Waals surface area (Å²) in [6.45, 7) is 0. The fourth-order valence-corrected chi connectivity index (χ4v) is 1.25. The SMILES string of the molecule is N#Cc1ccnc(-c2c(F)cccc2F)n1. The van der Waals surface area contributed by atoms with Crippen LogP contribution in [0.1, 0.15) is 5.69 Å². The summed E-state index contributed by atoms with van der Waals surface area (Å²) in [6, 6.07) is 6.62. The zero-order valence-electron chi connectivity index (χ0n) is 7.98. The van der Waals surface area contributed by atoms with E-state index in [1.165, 1.54) is 18.3 Å². The van der Waals surface area contributed by atoms with Crippen molar-refractivity contribution < 1.29 is 8.78 Å². The minimum atomic E-state index is -0.755. The first-order valence-corrected chi connectivity index (χ1v) is 4.40. The van der Waals surface area contributed by atoms with E-state index in [1.807, 2.05) is 0 Å². The van der Waals surface area contributed by atoms with Gasteiger partial charge in [0.15, 0.2) is 5.82 Å². The zero-order chi connectivity index (χ0) is 11.5. The van der Waals surface area contributed by atoms with E-state index in [0.29, 0.717) is 0 Å². The molecule has 16 heavy (non-hydrogen) atoms. The number of hydrogen-bond acceptors (Lipinski definition) is 3. The smallest absolute Gasteiger partial charge is 0.166 e. The highest BCUT2D eigenvalue weighted by atomic mass is 19.1. The molecule has 0 saturated carbocycles. The van der Waals surface area contributed by atoms with Gasteiger partial charge in [-0.2, -0.15) is 5.26 Å². The Morgan fingerprint density at radius 3 is 2.44 bits per heavy atom. The molecule has 1 aromatic carbocycles. The molecule has 0 unspecified atom stereocenters. The molecule has 0 aliphatic carbocycles. The lowest BCUT2D eigenvalue weighted by molar-refractivity contribution is 0.587. The fraction of sp³-hybridized carbons (Fsp3) is 0. The first-order chi connectivity index (χ1) is 7.72. The van der Waals surface area contributed by atoms with E-state index in [9.17, 15) is 8.78 Å². The zero-order valence-corrected chi connectivity index (χ0v) is 7.98. The predicted octanol–water partition coefficient (Wildman–Crippen LogP) is 2.29. The van der Waals surface area contributed by atoms with Gasteiger partial charge in [-0.25, -0.2) is 18.7 Å². The third kappa shape index (κ3) is 1.73. The van der Waals surface area contributed by atoms with Crippen molar-refractivity contribution in [3.05, 3.63) is 47.8 Å². The van der Waals surface area contributed by atoms with Crippen LogP contribution in [0.5, 0.6) is 0 Å². The van der Waals surface area contributed by atoms with Gasteiger partial charge in [0.1, 0.15) is 23.4 Å². The quantitative estimate of drug-likeness (QED) is 0.736. The standard InChI is InChI=1S/C11H5F2N3/c12-8-2-1-3-9(13)10(8)11-15-5-4-7(6-14)16-11/h1-5H. The van der Waals surface area contributed by atoms with Gasteiger partial charge in [-0.05, 0) is 18.2 Å². The Morgan fingerprint density at radius 1 is 1.12 bits per heavy atom. The number of halogens is 2. The van der Waals surface area contributed by atoms with Gasteiger partial charge in [0.2, 0.25) is 0 Å². The molecule has 0 aliphatic rings. The first-order valence-electron chi connectivity index (χ1n) is 4.40. The van der Waals surface area contributed by atoms with Gasteiger partial charge < -0.3 is 0 Å². The summed E-state index contributed by atoms with van der Waals surface area (Å²) in [6.07, 6.45) is 1.28. The monoisotopic (exact) mass is 217 g/mol. The van der Waals surface area contributed by atoms with Crippen molar-refractivity contribution in [2.75, 3.05) is 0 Å². The fourth-order valence-electron chi connectivity index (χ4n) is 1.25. The number of benzene rings is 1. The predicted molar refractivity (Wildman–Crippen MR) is 52.1 cm³/mol. The number of nitrogens with zero attached hydrogens (tertiary/aromatic N) is 3. The van der Waals surface area contributed by atoms with Gasteiger partial charge in [-0.15, -0.1) is 0 Å². The highest BCUT2D eigenvalue weighted by Gasteiger charge is 2.13. The molecule has 2 rings (SSSR count). The van der Waals surface area contributed by atoms with Crippen molar-refractivity contribution in [1.29, 1.82) is 5.26 Å². The van der Waals surface area contributed by atoms with Crippen LogP contribution < -0.4 is 0 Å². The normalized spacial score (nSPS) is 9.81. The molecule has 0 aliphatic heterocycles. The molecule has 0 spiro atoms. The van der Waals surface area contributed by atoms with E-state index in [-0.39, 0.29) is 17.1 Å². The van der Waals surface area contributed by atoms with Gasteiger partial charge in [0.05, 0.1) is 5.56 Å². The second-order valence-corrected chi connectivity index (χ2v) is 2.97. The van der Waals surface area contributed by atoms with Crippen LogP contribution in [0.15, 0.2) is 30.5 Å². The summed E-state index contributed by atoms with van der Waals surface area (Å²) in [5, 5.41) is 8.62. The van der Waals surface area contributed by atoms with Crippen molar-refractivity contribution in [1.82, 2.24) is 9.97 Å². The summed E-state index contributed by atoms with van der Waals surface area (Å²) in [4.78, 5) is 7.47. The van der Waals surface area contributed by atoms with Crippen molar-refractivity contribution in [2.45, 2.75) is 0 Å². The van der Waals surface area contributed by atoms with Crippen LogP contribution in [-0.2, 0) is 0 Å². The molecule has 0 N–H and O–H groups in total. The lowest BCUT2D eigenvalue weighted by atomic mass is 10.2. The van der Waals surface area contributed by atoms with Crippen molar-refractivity contribution in [2.24, 2.45) is 0 Å². The van der Waals surface area contributed by atoms with Crippen LogP contribution in [0.4, 0.5) is 8.78 Å². The van der Waals surface area contributed by atoms with Crippen LogP contribution >= 0.6 is 0 Å². The third-order valence-electron chi connectivity index (χ3n) is 1.96. The lowest BCUT2D eigenvalue weighted by Crippen LogP contribution is -1.96. The molecular formula is C11H5F2N3. The maximum atomic E-state index is 13.4. The molecule has 2 aromatic rings. The van der Waals surface area contributed by atoms with Crippen molar-refractivity contribution >= 4 is 0 Å². The van der Waals surface area contributed by atoms with E-state index in [1.54, 1.807) is 6.07 Å². The second kappa shape index (κ2) is 4.03. The van der Waals surface area contributed by atoms with Crippen LogP contribution in [0.2, 0.25) is 0 Å². The molecule has 0 fully saturated rings. The van der Waals surface area contributed by atoms with Crippen LogP contribution in [-0.4, -0.2) is 9.97 Å². The molecular weight excluding hydrogens is 212 g/mol. The van der Waals surface area contributed by atoms with E-state index in [4.69, 9.17) is 5.26 Å². The van der Waals surface area contributed by atoms with Gasteiger partial charge in [0.25, 0.3) is 0 Å². The summed E-state index contributed by atoms with van der Waals surface area (Å²) in [5.41, 5.74) is -0.257. The first kappa shape index (κ1) is 10.2. The van der Waals surface area contributed by atoms with Gasteiger partial charge >= 0.3 is 0 Å². The number of aromatic nitrogens is 2. The van der Waals surface area contributed by atoms with Crippen LogP contribution in [0, 0.1) is 23.0 Å². The van der Waals surface area contributed by atoms with Gasteiger partial charge in [-0.1, -0.05) is 6.07 Å². The lowest BCUT2D eigenvalue weighted by Gasteiger charge is -2.02. The van der Waals surface area contributed by atoms with E-state index >= 15 is 0 Å². The highest BCUT2D eigenvalue weighted by molar-refractivity contribution is 5.57. The average Bonchev–Trinajstić information content (AvgIpc) is 2.29. The molecule has 1 heterocycles. The maximum absolute atomic E-state index is 13.4. The van der Waals surface area contributed by atoms with E-state index in [0.717, 1.165) is 12.1 Å². The van der Waals surface area contributed by atoms with Crippen molar-refractivity contribution in [3.8, 4) is 17.5 Å². The van der Waals surface area contributed by atoms with Crippen LogP contribution in [0.3, 0.4) is 0 Å². The van der Waals surface area contributed by atoms with E-state index < -0.39 is 11.6 Å². The molecule has 0 bridgehead atoms. The van der Waals surface area contributed by atoms with Crippen LogP contribution in [0.25, 0.3) is 11.4 Å². The Morgan fingerprint density at radius 2 is 1.81 bits per heavy atom. The molecule has 0 atom stereocenters. The number of rotatable bonds is 1. The minimum absolute atomic E-state index is 0.0626. The number of nitriles is 1. The molecule has 1 aromatic heterocycles. The van der Waals surface area contributed by atoms with Gasteiger partial charge in [0, 0.05) is 6.20 Å². The summed E-state index contributed by atoms with van der Waals surface area (Å²) >= 11 is 0. The topological polar surface area (TPSA) is 49.6 Å². The summed E-state index contributed by atoms with van der Waals surface area (Å²) < 4.78 is 26.7. The molecule has 78 valence electrons.